The Morgan fingerprint density at radius 1 is 1.33 bits per heavy atom. The lowest BCUT2D eigenvalue weighted by Gasteiger charge is -2.24. The molecule has 0 bridgehead atoms. The second-order valence-electron chi connectivity index (χ2n) is 6.54. The van der Waals surface area contributed by atoms with E-state index in [1.54, 1.807) is 12.5 Å². The van der Waals surface area contributed by atoms with E-state index in [9.17, 15) is 0 Å². The molecule has 124 valence electrons. The summed E-state index contributed by atoms with van der Waals surface area (Å²) in [6.45, 7) is 6.82. The van der Waals surface area contributed by atoms with E-state index in [-0.39, 0.29) is 0 Å². The van der Waals surface area contributed by atoms with Gasteiger partial charge in [0.2, 0.25) is 0 Å². The maximum Gasteiger partial charge on any atom is 0.196 e. The molecule has 0 fully saturated rings. The van der Waals surface area contributed by atoms with E-state index >= 15 is 0 Å². The van der Waals surface area contributed by atoms with Gasteiger partial charge in [-0.1, -0.05) is 13.8 Å². The molecule has 0 atom stereocenters. The van der Waals surface area contributed by atoms with Crippen LogP contribution in [0.3, 0.4) is 0 Å². The predicted molar refractivity (Wildman–Crippen MR) is 90.2 cm³/mol. The zero-order valence-corrected chi connectivity index (χ0v) is 14.0. The van der Waals surface area contributed by atoms with E-state index in [1.165, 1.54) is 5.69 Å². The van der Waals surface area contributed by atoms with Gasteiger partial charge in [0.15, 0.2) is 5.89 Å². The summed E-state index contributed by atoms with van der Waals surface area (Å²) >= 11 is 0. The van der Waals surface area contributed by atoms with Gasteiger partial charge < -0.3 is 9.40 Å². The third-order valence-corrected chi connectivity index (χ3v) is 4.29. The van der Waals surface area contributed by atoms with Crippen molar-refractivity contribution in [2.75, 3.05) is 6.54 Å². The number of fused-ring (bicyclic) bond motifs is 1. The van der Waals surface area contributed by atoms with Crippen molar-refractivity contribution in [3.63, 3.8) is 0 Å². The summed E-state index contributed by atoms with van der Waals surface area (Å²) < 4.78 is 5.53. The molecular formula is C18H21N5O. The van der Waals surface area contributed by atoms with Crippen LogP contribution in [0.25, 0.3) is 11.4 Å². The highest BCUT2D eigenvalue weighted by molar-refractivity contribution is 5.54. The van der Waals surface area contributed by atoms with Crippen LogP contribution in [0.4, 0.5) is 0 Å². The number of nitrogens with one attached hydrogen (secondary N) is 1. The van der Waals surface area contributed by atoms with Crippen LogP contribution in [0, 0.1) is 0 Å². The first-order valence-corrected chi connectivity index (χ1v) is 8.34. The highest BCUT2D eigenvalue weighted by Gasteiger charge is 2.21. The summed E-state index contributed by atoms with van der Waals surface area (Å²) in [6, 6.07) is 3.96. The molecule has 0 spiro atoms. The molecule has 6 nitrogen and oxygen atoms in total. The molecule has 0 aromatic carbocycles. The van der Waals surface area contributed by atoms with E-state index in [0.717, 1.165) is 54.7 Å². The zero-order chi connectivity index (χ0) is 16.5. The number of nitrogens with zero attached hydrogens (tertiary/aromatic N) is 4. The minimum Gasteiger partial charge on any atom is -0.448 e. The van der Waals surface area contributed by atoms with Gasteiger partial charge in [-0.05, 0) is 12.1 Å². The van der Waals surface area contributed by atoms with Crippen LogP contribution in [0.1, 0.15) is 42.7 Å². The minimum absolute atomic E-state index is 0.321. The zero-order valence-electron chi connectivity index (χ0n) is 14.0. The third kappa shape index (κ3) is 2.97. The largest absolute Gasteiger partial charge is 0.448 e. The molecule has 1 N–H and O–H groups in total. The molecule has 4 rings (SSSR count). The number of oxazole rings is 1. The minimum atomic E-state index is 0.321. The van der Waals surface area contributed by atoms with Crippen molar-refractivity contribution in [1.29, 1.82) is 0 Å². The lowest BCUT2D eigenvalue weighted by Crippen LogP contribution is -2.30. The van der Waals surface area contributed by atoms with Crippen molar-refractivity contribution in [3.05, 3.63) is 53.8 Å². The normalized spacial score (nSPS) is 15.0. The average molecular weight is 323 g/mol. The fraction of sp³-hybridized carbons (Fsp3) is 0.389. The molecule has 3 aromatic rings. The second-order valence-corrected chi connectivity index (χ2v) is 6.54. The molecule has 6 heteroatoms. The molecule has 0 radical (unpaired) electrons. The first-order chi connectivity index (χ1) is 11.7. The topological polar surface area (TPSA) is 70.8 Å². The van der Waals surface area contributed by atoms with E-state index in [0.29, 0.717) is 5.92 Å². The summed E-state index contributed by atoms with van der Waals surface area (Å²) in [7, 11) is 0. The highest BCUT2D eigenvalue weighted by Crippen LogP contribution is 2.23. The number of pyridine rings is 1. The summed E-state index contributed by atoms with van der Waals surface area (Å²) in [6.07, 6.45) is 6.34. The highest BCUT2D eigenvalue weighted by atomic mass is 16.3. The molecule has 0 amide bonds. The van der Waals surface area contributed by atoms with Crippen molar-refractivity contribution in [1.82, 2.24) is 24.8 Å². The average Bonchev–Trinajstić information content (AvgIpc) is 3.22. The van der Waals surface area contributed by atoms with Crippen molar-refractivity contribution in [2.45, 2.75) is 39.3 Å². The lowest BCUT2D eigenvalue weighted by atomic mass is 10.1. The van der Waals surface area contributed by atoms with Gasteiger partial charge in [-0.15, -0.1) is 0 Å². The molecule has 0 unspecified atom stereocenters. The van der Waals surface area contributed by atoms with Crippen molar-refractivity contribution in [2.24, 2.45) is 0 Å². The number of hydrogen-bond donors (Lipinski definition) is 1. The van der Waals surface area contributed by atoms with Gasteiger partial charge in [-0.3, -0.25) is 9.88 Å². The number of aromatic amines is 1. The van der Waals surface area contributed by atoms with Crippen LogP contribution in [0.5, 0.6) is 0 Å². The lowest BCUT2D eigenvalue weighted by molar-refractivity contribution is 0.238. The van der Waals surface area contributed by atoms with Crippen LogP contribution in [0.15, 0.2) is 35.2 Å². The molecule has 1 aliphatic heterocycles. The van der Waals surface area contributed by atoms with Crippen LogP contribution in [-0.2, 0) is 19.5 Å². The Labute approximate surface area is 141 Å². The Balaban J connectivity index is 1.48. The molecular weight excluding hydrogens is 302 g/mol. The number of rotatable bonds is 4. The van der Waals surface area contributed by atoms with Crippen LogP contribution < -0.4 is 0 Å². The van der Waals surface area contributed by atoms with Gasteiger partial charge >= 0.3 is 0 Å². The van der Waals surface area contributed by atoms with Gasteiger partial charge in [0.25, 0.3) is 0 Å². The monoisotopic (exact) mass is 323 g/mol. The molecule has 1 aliphatic rings. The van der Waals surface area contributed by atoms with Crippen LogP contribution >= 0.6 is 0 Å². The summed E-state index contributed by atoms with van der Waals surface area (Å²) in [5.41, 5.74) is 4.37. The van der Waals surface area contributed by atoms with Crippen LogP contribution in [-0.4, -0.2) is 31.4 Å². The Hall–Kier alpha value is -2.47. The SMILES string of the molecule is CC(C)c1nc(CN2CCc3nc(-c4cccnc4)[nH]c3C2)co1. The maximum atomic E-state index is 5.53. The smallest absolute Gasteiger partial charge is 0.196 e. The molecule has 4 heterocycles. The molecule has 24 heavy (non-hydrogen) atoms. The Morgan fingerprint density at radius 3 is 3.00 bits per heavy atom. The van der Waals surface area contributed by atoms with Gasteiger partial charge in [-0.2, -0.15) is 0 Å². The van der Waals surface area contributed by atoms with Crippen LogP contribution in [0.2, 0.25) is 0 Å². The van der Waals surface area contributed by atoms with E-state index < -0.39 is 0 Å². The third-order valence-electron chi connectivity index (χ3n) is 4.29. The van der Waals surface area contributed by atoms with E-state index in [1.807, 2.05) is 18.3 Å². The number of imidazole rings is 1. The van der Waals surface area contributed by atoms with Gasteiger partial charge in [0.1, 0.15) is 12.1 Å². The van der Waals surface area contributed by atoms with E-state index in [2.05, 4.69) is 33.7 Å². The summed E-state index contributed by atoms with van der Waals surface area (Å²) in [5, 5.41) is 0. The number of aromatic nitrogens is 4. The second kappa shape index (κ2) is 6.20. The summed E-state index contributed by atoms with van der Waals surface area (Å²) in [4.78, 5) is 19.3. The van der Waals surface area contributed by atoms with Gasteiger partial charge in [0, 0.05) is 49.9 Å². The molecule has 0 aliphatic carbocycles. The molecule has 0 saturated carbocycles. The predicted octanol–water partition coefficient (Wildman–Crippen LogP) is 3.14. The number of hydrogen-bond acceptors (Lipinski definition) is 5. The summed E-state index contributed by atoms with van der Waals surface area (Å²) in [5.74, 6) is 2.03. The quantitative estimate of drug-likeness (QED) is 0.798. The number of H-pyrrole nitrogens is 1. The fourth-order valence-electron chi connectivity index (χ4n) is 3.01. The van der Waals surface area contributed by atoms with Crippen molar-refractivity contribution >= 4 is 0 Å². The standard InChI is InChI=1S/C18H21N5O/c1-12(2)18-20-14(11-24-18)9-23-7-5-15-16(10-23)22-17(21-15)13-4-3-6-19-8-13/h3-4,6,8,11-12H,5,7,9-10H2,1-2H3,(H,21,22). The Kier molecular flexibility index (Phi) is 3.90. The van der Waals surface area contributed by atoms with Gasteiger partial charge in [0.05, 0.1) is 17.1 Å². The van der Waals surface area contributed by atoms with E-state index in [4.69, 9.17) is 9.40 Å². The Morgan fingerprint density at radius 2 is 2.25 bits per heavy atom. The van der Waals surface area contributed by atoms with Crippen molar-refractivity contribution < 1.29 is 4.42 Å². The first-order valence-electron chi connectivity index (χ1n) is 8.34. The molecule has 0 saturated heterocycles. The first kappa shape index (κ1) is 15.1. The van der Waals surface area contributed by atoms with Crippen molar-refractivity contribution in [3.8, 4) is 11.4 Å². The fourth-order valence-corrected chi connectivity index (χ4v) is 3.01. The maximum absolute atomic E-state index is 5.53. The molecule has 3 aromatic heterocycles. The Bertz CT molecular complexity index is 821. The van der Waals surface area contributed by atoms with Gasteiger partial charge in [-0.25, -0.2) is 9.97 Å².